The number of aromatic nitrogens is 1. The molecule has 0 aliphatic carbocycles. The van der Waals surface area contributed by atoms with Crippen LogP contribution in [0.3, 0.4) is 0 Å². The van der Waals surface area contributed by atoms with Gasteiger partial charge in [0.2, 0.25) is 17.5 Å². The van der Waals surface area contributed by atoms with Crippen LogP contribution >= 0.6 is 24.0 Å². The first-order valence-electron chi connectivity index (χ1n) is 8.68. The second kappa shape index (κ2) is 8.14. The third-order valence-corrected chi connectivity index (χ3v) is 5.72. The van der Waals surface area contributed by atoms with Crippen molar-refractivity contribution in [3.05, 3.63) is 52.4 Å². The number of thiocarbonyl (C=S) groups is 1. The Hall–Kier alpha value is -2.67. The predicted molar refractivity (Wildman–Crippen MR) is 109 cm³/mol. The van der Waals surface area contributed by atoms with E-state index in [0.717, 1.165) is 5.56 Å². The SMILES string of the molecule is N#Cc1nc(/C=C2\SC(=S)N(Cc3ccccc3)C2=O)oc1N1CCOCC1. The molecule has 3 heterocycles. The van der Waals surface area contributed by atoms with E-state index in [4.69, 9.17) is 21.4 Å². The van der Waals surface area contributed by atoms with Crippen LogP contribution in [-0.4, -0.2) is 46.4 Å². The molecule has 142 valence electrons. The van der Waals surface area contributed by atoms with E-state index in [2.05, 4.69) is 11.1 Å². The minimum absolute atomic E-state index is 0.191. The zero-order valence-corrected chi connectivity index (χ0v) is 16.5. The molecule has 1 aromatic heterocycles. The molecule has 0 saturated carbocycles. The van der Waals surface area contributed by atoms with Crippen LogP contribution in [0, 0.1) is 11.3 Å². The molecule has 9 heteroatoms. The zero-order valence-electron chi connectivity index (χ0n) is 14.8. The van der Waals surface area contributed by atoms with Crippen molar-refractivity contribution >= 4 is 46.2 Å². The van der Waals surface area contributed by atoms with Crippen molar-refractivity contribution in [1.29, 1.82) is 5.26 Å². The van der Waals surface area contributed by atoms with Crippen LogP contribution in [0.25, 0.3) is 6.08 Å². The van der Waals surface area contributed by atoms with E-state index in [9.17, 15) is 10.1 Å². The quantitative estimate of drug-likeness (QED) is 0.560. The summed E-state index contributed by atoms with van der Waals surface area (Å²) >= 11 is 6.57. The van der Waals surface area contributed by atoms with Gasteiger partial charge in [-0.25, -0.2) is 0 Å². The normalized spacial score (nSPS) is 18.8. The summed E-state index contributed by atoms with van der Waals surface area (Å²) in [5.41, 5.74) is 1.20. The van der Waals surface area contributed by atoms with Crippen LogP contribution in [0.1, 0.15) is 17.1 Å². The highest BCUT2D eigenvalue weighted by atomic mass is 32.2. The molecule has 4 rings (SSSR count). The number of anilines is 1. The van der Waals surface area contributed by atoms with E-state index in [0.29, 0.717) is 48.0 Å². The number of hydrogen-bond donors (Lipinski definition) is 0. The van der Waals surface area contributed by atoms with Crippen molar-refractivity contribution in [3.63, 3.8) is 0 Å². The topological polar surface area (TPSA) is 82.6 Å². The molecule has 2 saturated heterocycles. The fourth-order valence-electron chi connectivity index (χ4n) is 2.96. The van der Waals surface area contributed by atoms with Crippen LogP contribution in [0.15, 0.2) is 39.7 Å². The lowest BCUT2D eigenvalue weighted by Crippen LogP contribution is -2.36. The lowest BCUT2D eigenvalue weighted by atomic mass is 10.2. The lowest BCUT2D eigenvalue weighted by Gasteiger charge is -2.25. The molecule has 0 bridgehead atoms. The number of nitrogens with zero attached hydrogens (tertiary/aromatic N) is 4. The molecule has 1 amide bonds. The van der Waals surface area contributed by atoms with Gasteiger partial charge in [-0.2, -0.15) is 10.2 Å². The molecule has 0 N–H and O–H groups in total. The lowest BCUT2D eigenvalue weighted by molar-refractivity contribution is -0.122. The Bertz CT molecular complexity index is 975. The highest BCUT2D eigenvalue weighted by Gasteiger charge is 2.33. The van der Waals surface area contributed by atoms with Gasteiger partial charge in [-0.3, -0.25) is 9.69 Å². The second-order valence-electron chi connectivity index (χ2n) is 6.17. The predicted octanol–water partition coefficient (Wildman–Crippen LogP) is 2.78. The molecule has 2 fully saturated rings. The van der Waals surface area contributed by atoms with Gasteiger partial charge in [0.05, 0.1) is 24.7 Å². The van der Waals surface area contributed by atoms with E-state index in [-0.39, 0.29) is 17.5 Å². The van der Waals surface area contributed by atoms with Gasteiger partial charge >= 0.3 is 0 Å². The summed E-state index contributed by atoms with van der Waals surface area (Å²) in [6.45, 7) is 2.81. The van der Waals surface area contributed by atoms with Crippen molar-refractivity contribution in [2.24, 2.45) is 0 Å². The van der Waals surface area contributed by atoms with Gasteiger partial charge in [0, 0.05) is 19.2 Å². The summed E-state index contributed by atoms with van der Waals surface area (Å²) in [4.78, 5) is 20.9. The summed E-state index contributed by atoms with van der Waals surface area (Å²) in [7, 11) is 0. The maximum absolute atomic E-state index is 12.8. The molecule has 2 aliphatic heterocycles. The van der Waals surface area contributed by atoms with Gasteiger partial charge in [-0.05, 0) is 5.56 Å². The van der Waals surface area contributed by atoms with Crippen LogP contribution in [0.4, 0.5) is 5.88 Å². The fourth-order valence-corrected chi connectivity index (χ4v) is 4.18. The largest absolute Gasteiger partial charge is 0.420 e. The van der Waals surface area contributed by atoms with Gasteiger partial charge in [0.1, 0.15) is 10.4 Å². The Labute approximate surface area is 171 Å². The van der Waals surface area contributed by atoms with Gasteiger partial charge in [-0.1, -0.05) is 54.3 Å². The minimum Gasteiger partial charge on any atom is -0.420 e. The highest BCUT2D eigenvalue weighted by molar-refractivity contribution is 8.26. The van der Waals surface area contributed by atoms with E-state index < -0.39 is 0 Å². The molecule has 0 atom stereocenters. The zero-order chi connectivity index (χ0) is 19.5. The molecule has 2 aliphatic rings. The molecular formula is C19H16N4O3S2. The summed E-state index contributed by atoms with van der Waals surface area (Å²) in [6.07, 6.45) is 1.55. The molecule has 7 nitrogen and oxygen atoms in total. The van der Waals surface area contributed by atoms with Crippen LogP contribution in [0.5, 0.6) is 0 Å². The van der Waals surface area contributed by atoms with Crippen LogP contribution in [-0.2, 0) is 16.1 Å². The van der Waals surface area contributed by atoms with Crippen molar-refractivity contribution in [2.45, 2.75) is 6.54 Å². The van der Waals surface area contributed by atoms with Crippen LogP contribution < -0.4 is 4.90 Å². The number of benzene rings is 1. The van der Waals surface area contributed by atoms with E-state index in [1.807, 2.05) is 35.2 Å². The number of carbonyl (C=O) groups excluding carboxylic acids is 1. The summed E-state index contributed by atoms with van der Waals surface area (Å²) in [5, 5.41) is 9.37. The first-order chi connectivity index (χ1) is 13.7. The number of hydrogen-bond acceptors (Lipinski definition) is 8. The maximum atomic E-state index is 12.8. The Morgan fingerprint density at radius 1 is 1.29 bits per heavy atom. The average Bonchev–Trinajstić information content (AvgIpc) is 3.25. The molecule has 0 unspecified atom stereocenters. The third kappa shape index (κ3) is 3.80. The van der Waals surface area contributed by atoms with E-state index >= 15 is 0 Å². The summed E-state index contributed by atoms with van der Waals surface area (Å²) < 4.78 is 11.6. The van der Waals surface area contributed by atoms with E-state index in [1.54, 1.807) is 11.0 Å². The number of thioether (sulfide) groups is 1. The van der Waals surface area contributed by atoms with E-state index in [1.165, 1.54) is 11.8 Å². The third-order valence-electron chi connectivity index (χ3n) is 4.34. The number of carbonyl (C=O) groups is 1. The molecule has 2 aromatic rings. The Balaban J connectivity index is 1.56. The van der Waals surface area contributed by atoms with Gasteiger partial charge in [0.25, 0.3) is 5.91 Å². The molecule has 1 aromatic carbocycles. The number of ether oxygens (including phenoxy) is 1. The second-order valence-corrected chi connectivity index (χ2v) is 7.85. The smallest absolute Gasteiger partial charge is 0.266 e. The Morgan fingerprint density at radius 2 is 2.04 bits per heavy atom. The average molecular weight is 412 g/mol. The van der Waals surface area contributed by atoms with Gasteiger partial charge in [0.15, 0.2) is 0 Å². The number of amides is 1. The number of oxazole rings is 1. The molecule has 0 spiro atoms. The summed E-state index contributed by atoms with van der Waals surface area (Å²) in [5.74, 6) is 0.443. The number of morpholine rings is 1. The molecule has 28 heavy (non-hydrogen) atoms. The first kappa shape index (κ1) is 18.7. The van der Waals surface area contributed by atoms with Crippen molar-refractivity contribution in [1.82, 2.24) is 9.88 Å². The minimum atomic E-state index is -0.191. The highest BCUT2D eigenvalue weighted by Crippen LogP contribution is 2.34. The number of nitriles is 1. The van der Waals surface area contributed by atoms with Gasteiger partial charge < -0.3 is 14.1 Å². The monoisotopic (exact) mass is 412 g/mol. The molecule has 0 radical (unpaired) electrons. The van der Waals surface area contributed by atoms with Crippen molar-refractivity contribution in [2.75, 3.05) is 31.2 Å². The standard InChI is InChI=1S/C19H16N4O3S2/c20-11-14-18(22-6-8-25-9-7-22)26-16(21-14)10-15-17(24)23(19(27)28-15)12-13-4-2-1-3-5-13/h1-5,10H,6-9,12H2/b15-10-. The first-order valence-corrected chi connectivity index (χ1v) is 9.91. The fraction of sp³-hybridized carbons (Fsp3) is 0.263. The maximum Gasteiger partial charge on any atom is 0.266 e. The van der Waals surface area contributed by atoms with Crippen molar-refractivity contribution < 1.29 is 13.9 Å². The van der Waals surface area contributed by atoms with Gasteiger partial charge in [-0.15, -0.1) is 0 Å². The summed E-state index contributed by atoms with van der Waals surface area (Å²) in [6, 6.07) is 11.7. The van der Waals surface area contributed by atoms with Crippen molar-refractivity contribution in [3.8, 4) is 6.07 Å². The Kier molecular flexibility index (Phi) is 5.43. The number of rotatable bonds is 4. The van der Waals surface area contributed by atoms with Crippen LogP contribution in [0.2, 0.25) is 0 Å². The molecular weight excluding hydrogens is 396 g/mol. The Morgan fingerprint density at radius 3 is 2.75 bits per heavy atom.